The van der Waals surface area contributed by atoms with E-state index in [2.05, 4.69) is 68.2 Å². The highest BCUT2D eigenvalue weighted by Crippen LogP contribution is 2.13. The van der Waals surface area contributed by atoms with E-state index in [9.17, 15) is 9.59 Å². The van der Waals surface area contributed by atoms with Crippen LogP contribution in [0.2, 0.25) is 0 Å². The smallest absolute Gasteiger partial charge is 0.303 e. The van der Waals surface area contributed by atoms with Gasteiger partial charge >= 0.3 is 5.97 Å². The Hall–Kier alpha value is -1.55. The maximum absolute atomic E-state index is 11.7. The predicted molar refractivity (Wildman–Crippen MR) is 123 cm³/mol. The first-order chi connectivity index (χ1) is 13.6. The van der Waals surface area contributed by atoms with E-state index in [4.69, 9.17) is 5.11 Å². The summed E-state index contributed by atoms with van der Waals surface area (Å²) in [4.78, 5) is 22.2. The molecule has 0 rings (SSSR count). The highest BCUT2D eigenvalue weighted by atomic mass is 32.1. The molecule has 0 aromatic rings. The summed E-state index contributed by atoms with van der Waals surface area (Å²) in [6.45, 7) is 2.14. The van der Waals surface area contributed by atoms with Crippen molar-refractivity contribution >= 4 is 24.4 Å². The van der Waals surface area contributed by atoms with Crippen LogP contribution in [0.1, 0.15) is 84.0 Å². The van der Waals surface area contributed by atoms with Crippen LogP contribution < -0.4 is 0 Å². The highest BCUT2D eigenvalue weighted by Gasteiger charge is 2.06. The van der Waals surface area contributed by atoms with E-state index < -0.39 is 5.97 Å². The third kappa shape index (κ3) is 20.8. The Morgan fingerprint density at radius 2 is 1.29 bits per heavy atom. The van der Waals surface area contributed by atoms with Gasteiger partial charge in [-0.25, -0.2) is 0 Å². The summed E-state index contributed by atoms with van der Waals surface area (Å²) in [6, 6.07) is 0. The lowest BCUT2D eigenvalue weighted by Crippen LogP contribution is -2.02. The van der Waals surface area contributed by atoms with Crippen LogP contribution in [-0.2, 0) is 9.59 Å². The number of carbonyl (C=O) groups excluding carboxylic acids is 1. The summed E-state index contributed by atoms with van der Waals surface area (Å²) in [5, 5.41) is 8.85. The van der Waals surface area contributed by atoms with Gasteiger partial charge in [0.05, 0.1) is 0 Å². The molecule has 1 atom stereocenters. The molecule has 4 heteroatoms. The molecule has 158 valence electrons. The van der Waals surface area contributed by atoms with Gasteiger partial charge in [0.1, 0.15) is 5.78 Å². The maximum Gasteiger partial charge on any atom is 0.303 e. The summed E-state index contributed by atoms with van der Waals surface area (Å²) in [6.07, 6.45) is 26.7. The zero-order valence-electron chi connectivity index (χ0n) is 17.4. The average Bonchev–Trinajstić information content (AvgIpc) is 2.66. The van der Waals surface area contributed by atoms with Crippen molar-refractivity contribution in [3.8, 4) is 0 Å². The number of thiol groups is 1. The number of rotatable bonds is 18. The molecule has 0 saturated heterocycles. The van der Waals surface area contributed by atoms with E-state index in [0.717, 1.165) is 44.9 Å². The van der Waals surface area contributed by atoms with E-state index in [1.807, 2.05) is 0 Å². The first kappa shape index (κ1) is 26.4. The number of Topliss-reactive ketones (excluding diaryl/α,β-unsaturated/α-hetero) is 1. The Labute approximate surface area is 177 Å². The Kier molecular flexibility index (Phi) is 19.1. The van der Waals surface area contributed by atoms with E-state index in [1.54, 1.807) is 0 Å². The SMILES string of the molecule is CC/C=C\C/C=C\C/C=C\C/C=C\C[C@H](S)CCCC(=O)CCCCC(=O)O. The molecule has 0 unspecified atom stereocenters. The van der Waals surface area contributed by atoms with Crippen LogP contribution in [0, 0.1) is 0 Å². The summed E-state index contributed by atoms with van der Waals surface area (Å²) in [5.41, 5.74) is 0. The van der Waals surface area contributed by atoms with Crippen molar-refractivity contribution in [2.24, 2.45) is 0 Å². The molecular formula is C24H38O3S. The number of unbranched alkanes of at least 4 members (excludes halogenated alkanes) is 1. The zero-order valence-corrected chi connectivity index (χ0v) is 18.3. The third-order valence-electron chi connectivity index (χ3n) is 4.22. The normalized spacial score (nSPS) is 13.4. The monoisotopic (exact) mass is 406 g/mol. The fourth-order valence-corrected chi connectivity index (χ4v) is 2.91. The van der Waals surface area contributed by atoms with Crippen molar-refractivity contribution in [3.63, 3.8) is 0 Å². The summed E-state index contributed by atoms with van der Waals surface area (Å²) < 4.78 is 0. The summed E-state index contributed by atoms with van der Waals surface area (Å²) >= 11 is 4.59. The number of ketones is 1. The van der Waals surface area contributed by atoms with E-state index >= 15 is 0 Å². The van der Waals surface area contributed by atoms with Crippen molar-refractivity contribution in [2.45, 2.75) is 89.2 Å². The average molecular weight is 407 g/mol. The molecule has 0 bridgehead atoms. The zero-order chi connectivity index (χ0) is 20.9. The fourth-order valence-electron chi connectivity index (χ4n) is 2.61. The highest BCUT2D eigenvalue weighted by molar-refractivity contribution is 7.80. The first-order valence-corrected chi connectivity index (χ1v) is 11.1. The van der Waals surface area contributed by atoms with Crippen LogP contribution in [0.4, 0.5) is 0 Å². The Balaban J connectivity index is 3.60. The van der Waals surface area contributed by atoms with Gasteiger partial charge in [0.2, 0.25) is 0 Å². The van der Waals surface area contributed by atoms with Gasteiger partial charge in [0.15, 0.2) is 0 Å². The number of allylic oxidation sites excluding steroid dienone is 8. The van der Waals surface area contributed by atoms with Gasteiger partial charge in [-0.1, -0.05) is 55.5 Å². The lowest BCUT2D eigenvalue weighted by Gasteiger charge is -2.07. The van der Waals surface area contributed by atoms with Crippen molar-refractivity contribution in [3.05, 3.63) is 48.6 Å². The molecule has 0 fully saturated rings. The summed E-state index contributed by atoms with van der Waals surface area (Å²) in [5.74, 6) is -0.553. The van der Waals surface area contributed by atoms with Crippen LogP contribution in [-0.4, -0.2) is 22.1 Å². The third-order valence-corrected chi connectivity index (χ3v) is 4.69. The number of carbonyl (C=O) groups is 2. The minimum atomic E-state index is -0.791. The van der Waals surface area contributed by atoms with E-state index in [1.165, 1.54) is 0 Å². The quantitative estimate of drug-likeness (QED) is 0.148. The standard InChI is InChI=1S/C24H38O3S/c1-2-3-4-5-6-7-8-9-10-11-12-13-19-23(28)20-16-18-22(25)17-14-15-21-24(26)27/h3-4,6-7,9-10,12-13,23,28H,2,5,8,11,14-21H2,1H3,(H,26,27)/b4-3-,7-6-,10-9-,13-12-/t23-/m0/s1. The van der Waals surface area contributed by atoms with Crippen molar-refractivity contribution in [1.82, 2.24) is 0 Å². The van der Waals surface area contributed by atoms with Crippen LogP contribution in [0.5, 0.6) is 0 Å². The van der Waals surface area contributed by atoms with Gasteiger partial charge in [-0.3, -0.25) is 9.59 Å². The fraction of sp³-hybridized carbons (Fsp3) is 0.583. The number of hydrogen-bond donors (Lipinski definition) is 2. The van der Waals surface area contributed by atoms with Crippen molar-refractivity contribution in [1.29, 1.82) is 0 Å². The van der Waals surface area contributed by atoms with Gasteiger partial charge in [0.25, 0.3) is 0 Å². The van der Waals surface area contributed by atoms with Crippen molar-refractivity contribution in [2.75, 3.05) is 0 Å². The molecule has 0 aromatic heterocycles. The summed E-state index contributed by atoms with van der Waals surface area (Å²) in [7, 11) is 0. The van der Waals surface area contributed by atoms with Gasteiger partial charge in [0, 0.05) is 24.5 Å². The minimum Gasteiger partial charge on any atom is -0.481 e. The molecule has 0 aromatic carbocycles. The van der Waals surface area contributed by atoms with Crippen LogP contribution in [0.25, 0.3) is 0 Å². The number of aliphatic carboxylic acids is 1. The molecule has 0 spiro atoms. The maximum atomic E-state index is 11.7. The predicted octanol–water partition coefficient (Wildman–Crippen LogP) is 6.86. The van der Waals surface area contributed by atoms with E-state index in [0.29, 0.717) is 30.9 Å². The largest absolute Gasteiger partial charge is 0.481 e. The molecule has 0 saturated carbocycles. The second-order valence-corrected chi connectivity index (χ2v) is 7.65. The molecular weight excluding hydrogens is 368 g/mol. The van der Waals surface area contributed by atoms with E-state index in [-0.39, 0.29) is 12.2 Å². The van der Waals surface area contributed by atoms with Gasteiger partial charge < -0.3 is 5.11 Å². The van der Waals surface area contributed by atoms with Gasteiger partial charge in [-0.05, 0) is 57.8 Å². The van der Waals surface area contributed by atoms with Crippen LogP contribution in [0.3, 0.4) is 0 Å². The van der Waals surface area contributed by atoms with Gasteiger partial charge in [-0.15, -0.1) is 0 Å². The second kappa shape index (κ2) is 20.2. The first-order valence-electron chi connectivity index (χ1n) is 10.6. The Morgan fingerprint density at radius 1 is 0.786 bits per heavy atom. The molecule has 0 amide bonds. The lowest BCUT2D eigenvalue weighted by atomic mass is 10.0. The van der Waals surface area contributed by atoms with Crippen molar-refractivity contribution < 1.29 is 14.7 Å². The second-order valence-electron chi connectivity index (χ2n) is 6.92. The van der Waals surface area contributed by atoms with Gasteiger partial charge in [-0.2, -0.15) is 12.6 Å². The molecule has 1 N–H and O–H groups in total. The minimum absolute atomic E-state index is 0.154. The number of carboxylic acid groups (broad SMARTS) is 1. The van der Waals surface area contributed by atoms with Crippen LogP contribution in [0.15, 0.2) is 48.6 Å². The van der Waals surface area contributed by atoms with Crippen LogP contribution >= 0.6 is 12.6 Å². The molecule has 3 nitrogen and oxygen atoms in total. The molecule has 28 heavy (non-hydrogen) atoms. The number of hydrogen-bond acceptors (Lipinski definition) is 3. The Morgan fingerprint density at radius 3 is 1.86 bits per heavy atom. The topological polar surface area (TPSA) is 54.4 Å². The molecule has 0 heterocycles. The molecule has 0 aliphatic heterocycles. The molecule has 0 aliphatic carbocycles. The lowest BCUT2D eigenvalue weighted by molar-refractivity contribution is -0.137. The number of carboxylic acids is 1. The Bertz CT molecular complexity index is 518. The molecule has 0 aliphatic rings. The molecule has 0 radical (unpaired) electrons.